The lowest BCUT2D eigenvalue weighted by atomic mass is 9.97. The van der Waals surface area contributed by atoms with E-state index in [1.165, 1.54) is 0 Å². The second-order valence-electron chi connectivity index (χ2n) is 4.47. The van der Waals surface area contributed by atoms with Crippen LogP contribution >= 0.6 is 11.6 Å². The van der Waals surface area contributed by atoms with Crippen molar-refractivity contribution in [2.24, 2.45) is 0 Å². The number of hydrogen-bond acceptors (Lipinski definition) is 2. The molecule has 0 heterocycles. The van der Waals surface area contributed by atoms with E-state index in [0.29, 0.717) is 5.56 Å². The van der Waals surface area contributed by atoms with Crippen LogP contribution in [0.15, 0.2) is 48.5 Å². The van der Waals surface area contributed by atoms with Crippen molar-refractivity contribution >= 4 is 44.1 Å². The molecule has 3 rings (SSSR count). The zero-order chi connectivity index (χ0) is 14.1. The van der Waals surface area contributed by atoms with Gasteiger partial charge in [-0.25, -0.2) is 4.79 Å². The van der Waals surface area contributed by atoms with Gasteiger partial charge >= 0.3 is 0 Å². The first-order valence-corrected chi connectivity index (χ1v) is 6.53. The highest BCUT2D eigenvalue weighted by molar-refractivity contribution is 6.54. The van der Waals surface area contributed by atoms with E-state index in [4.69, 9.17) is 16.3 Å². The number of methoxy groups -OCH3 is 1. The van der Waals surface area contributed by atoms with Crippen molar-refractivity contribution in [1.82, 2.24) is 0 Å². The summed E-state index contributed by atoms with van der Waals surface area (Å²) in [4.78, 5) is 10.9. The fraction of sp³-hybridized carbons (Fsp3) is 0.0588. The van der Waals surface area contributed by atoms with Gasteiger partial charge in [0.15, 0.2) is 0 Å². The smallest absolute Gasteiger partial charge is 0.145 e. The molecule has 0 saturated carbocycles. The Morgan fingerprint density at radius 2 is 1.80 bits per heavy atom. The maximum Gasteiger partial charge on any atom is 0.145 e. The van der Waals surface area contributed by atoms with Gasteiger partial charge in [0.2, 0.25) is 0 Å². The summed E-state index contributed by atoms with van der Waals surface area (Å²) in [5.41, 5.74) is 0.693. The molecule has 3 aromatic rings. The van der Waals surface area contributed by atoms with E-state index < -0.39 is 0 Å². The van der Waals surface area contributed by atoms with Crippen molar-refractivity contribution in [3.8, 4) is 5.75 Å². The summed E-state index contributed by atoms with van der Waals surface area (Å²) in [6.45, 7) is 0. The molecule has 0 fully saturated rings. The standard InChI is InChI=1S/C17H11ClO2/c1-20-12-6-7-13-11(8-12)9-16(17(18)10-19)15-5-3-2-4-14(13)15/h2-9H,1H3. The summed E-state index contributed by atoms with van der Waals surface area (Å²) in [6.07, 6.45) is 0. The topological polar surface area (TPSA) is 26.3 Å². The number of rotatable bonds is 2. The lowest BCUT2D eigenvalue weighted by molar-refractivity contribution is 0.415. The first-order valence-electron chi connectivity index (χ1n) is 6.15. The van der Waals surface area contributed by atoms with E-state index in [-0.39, 0.29) is 5.03 Å². The van der Waals surface area contributed by atoms with Gasteiger partial charge in [0, 0.05) is 5.56 Å². The van der Waals surface area contributed by atoms with Crippen molar-refractivity contribution in [2.45, 2.75) is 0 Å². The molecular formula is C17H11ClO2. The Morgan fingerprint density at radius 1 is 1.05 bits per heavy atom. The van der Waals surface area contributed by atoms with Crippen LogP contribution in [0.2, 0.25) is 0 Å². The van der Waals surface area contributed by atoms with Gasteiger partial charge in [-0.15, -0.1) is 0 Å². The molecule has 20 heavy (non-hydrogen) atoms. The third kappa shape index (κ3) is 1.96. The normalized spacial score (nSPS) is 10.5. The van der Waals surface area contributed by atoms with Crippen LogP contribution in [0.25, 0.3) is 26.6 Å². The Labute approximate surface area is 121 Å². The molecule has 0 aliphatic carbocycles. The molecule has 0 bridgehead atoms. The molecule has 0 radical (unpaired) electrons. The first kappa shape index (κ1) is 12.7. The van der Waals surface area contributed by atoms with E-state index in [1.54, 1.807) is 13.1 Å². The summed E-state index contributed by atoms with van der Waals surface area (Å²) in [5, 5.41) is 4.16. The summed E-state index contributed by atoms with van der Waals surface area (Å²) in [7, 11) is 1.63. The van der Waals surface area contributed by atoms with Crippen LogP contribution in [0, 0.1) is 0 Å². The number of hydrogen-bond donors (Lipinski definition) is 0. The Balaban J connectivity index is 2.50. The van der Waals surface area contributed by atoms with Crippen molar-refractivity contribution in [3.63, 3.8) is 0 Å². The van der Waals surface area contributed by atoms with E-state index >= 15 is 0 Å². The minimum Gasteiger partial charge on any atom is -0.497 e. The van der Waals surface area contributed by atoms with Gasteiger partial charge in [-0.3, -0.25) is 0 Å². The van der Waals surface area contributed by atoms with Gasteiger partial charge in [-0.05, 0) is 39.7 Å². The quantitative estimate of drug-likeness (QED) is 0.514. The van der Waals surface area contributed by atoms with Gasteiger partial charge < -0.3 is 4.74 Å². The molecule has 0 aromatic heterocycles. The van der Waals surface area contributed by atoms with Crippen LogP contribution in [-0.2, 0) is 4.79 Å². The molecule has 0 unspecified atom stereocenters. The van der Waals surface area contributed by atoms with Gasteiger partial charge in [-0.1, -0.05) is 41.9 Å². The third-order valence-corrected chi connectivity index (χ3v) is 3.67. The Hall–Kier alpha value is -2.28. The number of benzene rings is 3. The average molecular weight is 283 g/mol. The monoisotopic (exact) mass is 282 g/mol. The largest absolute Gasteiger partial charge is 0.497 e. The average Bonchev–Trinajstić information content (AvgIpc) is 2.52. The number of halogens is 1. The summed E-state index contributed by atoms with van der Waals surface area (Å²) in [5.74, 6) is 2.54. The molecule has 98 valence electrons. The van der Waals surface area contributed by atoms with Crippen LogP contribution in [0.4, 0.5) is 0 Å². The van der Waals surface area contributed by atoms with Crippen LogP contribution in [0.5, 0.6) is 5.75 Å². The summed E-state index contributed by atoms with van der Waals surface area (Å²) in [6, 6.07) is 15.6. The summed E-state index contributed by atoms with van der Waals surface area (Å²) < 4.78 is 5.24. The SMILES string of the molecule is COc1ccc2c(c1)cc(C(Cl)=C=O)c1ccccc12. The Morgan fingerprint density at radius 3 is 2.50 bits per heavy atom. The van der Waals surface area contributed by atoms with Crippen LogP contribution in [-0.4, -0.2) is 13.1 Å². The second-order valence-corrected chi connectivity index (χ2v) is 4.85. The van der Waals surface area contributed by atoms with Crippen LogP contribution in [0.3, 0.4) is 0 Å². The zero-order valence-corrected chi connectivity index (χ0v) is 11.6. The Bertz CT molecular complexity index is 861. The predicted octanol–water partition coefficient (Wildman–Crippen LogP) is 4.41. The first-order chi connectivity index (χ1) is 9.74. The molecule has 0 N–H and O–H groups in total. The number of ether oxygens (including phenoxy) is 1. The van der Waals surface area contributed by atoms with Crippen LogP contribution < -0.4 is 4.74 Å². The molecule has 0 aliphatic heterocycles. The van der Waals surface area contributed by atoms with Gasteiger partial charge in [0.25, 0.3) is 0 Å². The molecule has 0 saturated heterocycles. The van der Waals surface area contributed by atoms with E-state index in [2.05, 4.69) is 0 Å². The van der Waals surface area contributed by atoms with E-state index in [0.717, 1.165) is 27.3 Å². The highest BCUT2D eigenvalue weighted by Crippen LogP contribution is 2.34. The van der Waals surface area contributed by atoms with Crippen molar-refractivity contribution in [2.75, 3.05) is 7.11 Å². The predicted molar refractivity (Wildman–Crippen MR) is 83.0 cm³/mol. The van der Waals surface area contributed by atoms with E-state index in [9.17, 15) is 4.79 Å². The van der Waals surface area contributed by atoms with Gasteiger partial charge in [0.1, 0.15) is 16.7 Å². The van der Waals surface area contributed by atoms with Gasteiger partial charge in [-0.2, -0.15) is 0 Å². The molecule has 3 aromatic carbocycles. The van der Waals surface area contributed by atoms with Crippen molar-refractivity contribution in [3.05, 3.63) is 54.1 Å². The third-order valence-electron chi connectivity index (χ3n) is 3.39. The molecule has 3 heteroatoms. The second kappa shape index (κ2) is 5.01. The Kier molecular flexibility index (Phi) is 3.19. The maximum atomic E-state index is 10.9. The van der Waals surface area contributed by atoms with E-state index in [1.807, 2.05) is 48.5 Å². The minimum atomic E-state index is 0.0888. The molecule has 0 spiro atoms. The van der Waals surface area contributed by atoms with Gasteiger partial charge in [0.05, 0.1) is 7.11 Å². The number of fused-ring (bicyclic) bond motifs is 3. The highest BCUT2D eigenvalue weighted by Gasteiger charge is 2.10. The maximum absolute atomic E-state index is 10.9. The van der Waals surface area contributed by atoms with Crippen LogP contribution in [0.1, 0.15) is 5.56 Å². The molecule has 0 atom stereocenters. The fourth-order valence-corrected chi connectivity index (χ4v) is 2.61. The molecular weight excluding hydrogens is 272 g/mol. The molecule has 2 nitrogen and oxygen atoms in total. The minimum absolute atomic E-state index is 0.0888. The van der Waals surface area contributed by atoms with Crippen molar-refractivity contribution < 1.29 is 9.53 Å². The number of carbonyl (C=O) groups excluding carboxylic acids is 1. The lowest BCUT2D eigenvalue weighted by Gasteiger charge is -2.10. The lowest BCUT2D eigenvalue weighted by Crippen LogP contribution is -1.87. The molecule has 0 aliphatic rings. The summed E-state index contributed by atoms with van der Waals surface area (Å²) >= 11 is 6.01. The zero-order valence-electron chi connectivity index (χ0n) is 10.8. The van der Waals surface area contributed by atoms with Crippen molar-refractivity contribution in [1.29, 1.82) is 0 Å². The molecule has 0 amide bonds. The fourth-order valence-electron chi connectivity index (χ4n) is 2.46. The highest BCUT2D eigenvalue weighted by atomic mass is 35.5.